The molecule has 0 spiro atoms. The predicted molar refractivity (Wildman–Crippen MR) is 127 cm³/mol. The van der Waals surface area contributed by atoms with Crippen LogP contribution >= 0.6 is 35.7 Å². The molecule has 2 rings (SSSR count). The van der Waals surface area contributed by atoms with Crippen molar-refractivity contribution in [2.45, 2.75) is 57.4 Å². The van der Waals surface area contributed by atoms with E-state index in [0.29, 0.717) is 18.0 Å². The van der Waals surface area contributed by atoms with E-state index in [0.717, 1.165) is 37.4 Å². The summed E-state index contributed by atoms with van der Waals surface area (Å²) in [7, 11) is 2.22. The molecule has 1 saturated heterocycles. The maximum absolute atomic E-state index is 4.98. The second kappa shape index (κ2) is 12.7. The molecule has 0 aromatic carbocycles. The number of likely N-dealkylation sites (N-methyl/N-ethyl adjacent to an activating group) is 1. The number of halogens is 1. The molecule has 0 aromatic rings. The number of rotatable bonds is 7. The van der Waals surface area contributed by atoms with Gasteiger partial charge >= 0.3 is 0 Å². The van der Waals surface area contributed by atoms with E-state index in [4.69, 9.17) is 4.99 Å². The van der Waals surface area contributed by atoms with E-state index < -0.39 is 0 Å². The summed E-state index contributed by atoms with van der Waals surface area (Å²) < 4.78 is 0. The Bertz CT molecular complexity index is 413. The number of nitrogens with zero attached hydrogens (tertiary/aromatic N) is 3. The Kier molecular flexibility index (Phi) is 11.8. The molecule has 26 heavy (non-hydrogen) atoms. The van der Waals surface area contributed by atoms with Gasteiger partial charge in [-0.2, -0.15) is 11.8 Å². The summed E-state index contributed by atoms with van der Waals surface area (Å²) >= 11 is 2.01. The molecule has 0 amide bonds. The standard InChI is InChI=1S/C19H39N5S.HI/c1-6-20-19(22-16-7-8-17(13-16)25-5)21-14-18(15(2)3)24-11-9-23(4)10-12-24;/h15-18H,6-14H2,1-5H3,(H2,20,21,22);1H. The predicted octanol–water partition coefficient (Wildman–Crippen LogP) is 2.72. The molecular formula is C19H40IN5S. The fourth-order valence-electron chi connectivity index (χ4n) is 3.88. The van der Waals surface area contributed by atoms with Crippen LogP contribution in [0.25, 0.3) is 0 Å². The van der Waals surface area contributed by atoms with Gasteiger partial charge in [-0.1, -0.05) is 13.8 Å². The molecule has 3 atom stereocenters. The van der Waals surface area contributed by atoms with Crippen LogP contribution < -0.4 is 10.6 Å². The molecule has 0 radical (unpaired) electrons. The number of piperazine rings is 1. The van der Waals surface area contributed by atoms with Gasteiger partial charge in [-0.05, 0) is 45.4 Å². The zero-order chi connectivity index (χ0) is 18.2. The first-order valence-corrected chi connectivity index (χ1v) is 11.3. The average molecular weight is 498 g/mol. The van der Waals surface area contributed by atoms with Crippen molar-refractivity contribution in [1.82, 2.24) is 20.4 Å². The highest BCUT2D eigenvalue weighted by Crippen LogP contribution is 2.28. The number of guanidine groups is 1. The third-order valence-corrected chi connectivity index (χ3v) is 6.71. The van der Waals surface area contributed by atoms with Gasteiger partial charge in [-0.3, -0.25) is 9.89 Å². The smallest absolute Gasteiger partial charge is 0.191 e. The highest BCUT2D eigenvalue weighted by molar-refractivity contribution is 14.0. The van der Waals surface area contributed by atoms with Crippen molar-refractivity contribution >= 4 is 41.7 Å². The van der Waals surface area contributed by atoms with Crippen LogP contribution in [0.5, 0.6) is 0 Å². The monoisotopic (exact) mass is 497 g/mol. The van der Waals surface area contributed by atoms with E-state index in [-0.39, 0.29) is 24.0 Å². The van der Waals surface area contributed by atoms with Crippen LogP contribution in [0.1, 0.15) is 40.0 Å². The summed E-state index contributed by atoms with van der Waals surface area (Å²) in [5.74, 6) is 1.64. The van der Waals surface area contributed by atoms with Crippen molar-refractivity contribution < 1.29 is 0 Å². The average Bonchev–Trinajstić information content (AvgIpc) is 3.04. The molecule has 1 aliphatic heterocycles. The highest BCUT2D eigenvalue weighted by Gasteiger charge is 2.26. The molecular weight excluding hydrogens is 457 g/mol. The quantitative estimate of drug-likeness (QED) is 0.322. The fraction of sp³-hybridized carbons (Fsp3) is 0.947. The Balaban J connectivity index is 0.00000338. The van der Waals surface area contributed by atoms with Gasteiger partial charge in [0.15, 0.2) is 5.96 Å². The second-order valence-corrected chi connectivity index (χ2v) is 9.02. The van der Waals surface area contributed by atoms with E-state index in [9.17, 15) is 0 Å². The zero-order valence-electron chi connectivity index (χ0n) is 17.3. The number of thioether (sulfide) groups is 1. The van der Waals surface area contributed by atoms with Crippen molar-refractivity contribution in [3.05, 3.63) is 0 Å². The van der Waals surface area contributed by atoms with Crippen LogP contribution in [0.15, 0.2) is 4.99 Å². The topological polar surface area (TPSA) is 42.9 Å². The van der Waals surface area contributed by atoms with Crippen LogP contribution in [0.4, 0.5) is 0 Å². The Morgan fingerprint density at radius 3 is 2.42 bits per heavy atom. The molecule has 2 N–H and O–H groups in total. The van der Waals surface area contributed by atoms with Crippen molar-refractivity contribution in [3.63, 3.8) is 0 Å². The van der Waals surface area contributed by atoms with Gasteiger partial charge in [0.2, 0.25) is 0 Å². The summed E-state index contributed by atoms with van der Waals surface area (Å²) in [5.41, 5.74) is 0. The molecule has 1 heterocycles. The lowest BCUT2D eigenvalue weighted by Crippen LogP contribution is -2.52. The van der Waals surface area contributed by atoms with Crippen LogP contribution in [0.2, 0.25) is 0 Å². The van der Waals surface area contributed by atoms with Crippen LogP contribution in [0, 0.1) is 5.92 Å². The zero-order valence-corrected chi connectivity index (χ0v) is 20.5. The van der Waals surface area contributed by atoms with Gasteiger partial charge < -0.3 is 15.5 Å². The lowest BCUT2D eigenvalue weighted by molar-refractivity contribution is 0.0925. The van der Waals surface area contributed by atoms with Crippen molar-refractivity contribution in [2.75, 3.05) is 52.6 Å². The van der Waals surface area contributed by atoms with Crippen LogP contribution in [-0.4, -0.2) is 85.7 Å². The number of hydrogen-bond donors (Lipinski definition) is 2. The Morgan fingerprint density at radius 2 is 1.88 bits per heavy atom. The van der Waals surface area contributed by atoms with E-state index in [2.05, 4.69) is 54.5 Å². The van der Waals surface area contributed by atoms with Gasteiger partial charge in [0, 0.05) is 50.1 Å². The van der Waals surface area contributed by atoms with Gasteiger partial charge in [0.25, 0.3) is 0 Å². The summed E-state index contributed by atoms with van der Waals surface area (Å²) in [5, 5.41) is 7.95. The van der Waals surface area contributed by atoms with E-state index >= 15 is 0 Å². The summed E-state index contributed by atoms with van der Waals surface area (Å²) in [6.45, 7) is 13.3. The van der Waals surface area contributed by atoms with Crippen molar-refractivity contribution in [1.29, 1.82) is 0 Å². The Morgan fingerprint density at radius 1 is 1.19 bits per heavy atom. The fourth-order valence-corrected chi connectivity index (χ4v) is 4.68. The maximum atomic E-state index is 4.98. The third kappa shape index (κ3) is 7.72. The van der Waals surface area contributed by atoms with E-state index in [1.807, 2.05) is 11.8 Å². The van der Waals surface area contributed by atoms with Gasteiger partial charge in [0.05, 0.1) is 6.54 Å². The molecule has 2 aliphatic rings. The maximum Gasteiger partial charge on any atom is 0.191 e. The van der Waals surface area contributed by atoms with Gasteiger partial charge in [-0.15, -0.1) is 24.0 Å². The van der Waals surface area contributed by atoms with Crippen LogP contribution in [0.3, 0.4) is 0 Å². The summed E-state index contributed by atoms with van der Waals surface area (Å²) in [6.07, 6.45) is 6.09. The number of hydrogen-bond acceptors (Lipinski definition) is 4. The third-order valence-electron chi connectivity index (χ3n) is 5.62. The summed E-state index contributed by atoms with van der Waals surface area (Å²) in [6, 6.07) is 1.11. The molecule has 0 aromatic heterocycles. The second-order valence-electron chi connectivity index (χ2n) is 7.88. The van der Waals surface area contributed by atoms with Crippen molar-refractivity contribution in [2.24, 2.45) is 10.9 Å². The summed E-state index contributed by atoms with van der Waals surface area (Å²) in [4.78, 5) is 10.0. The van der Waals surface area contributed by atoms with E-state index in [1.165, 1.54) is 32.4 Å². The lowest BCUT2D eigenvalue weighted by Gasteiger charge is -2.39. The van der Waals surface area contributed by atoms with Gasteiger partial charge in [-0.25, -0.2) is 0 Å². The number of aliphatic imine (C=N–C) groups is 1. The van der Waals surface area contributed by atoms with Crippen molar-refractivity contribution in [3.8, 4) is 0 Å². The van der Waals surface area contributed by atoms with Gasteiger partial charge in [0.1, 0.15) is 0 Å². The SMILES string of the molecule is CCNC(=NCC(C(C)C)N1CCN(C)CC1)NC1CCC(SC)C1.I. The molecule has 0 bridgehead atoms. The highest BCUT2D eigenvalue weighted by atomic mass is 127. The molecule has 3 unspecified atom stereocenters. The molecule has 5 nitrogen and oxygen atoms in total. The first-order chi connectivity index (χ1) is 12.0. The number of nitrogens with one attached hydrogen (secondary N) is 2. The Labute approximate surface area is 182 Å². The molecule has 1 saturated carbocycles. The van der Waals surface area contributed by atoms with E-state index in [1.54, 1.807) is 0 Å². The first-order valence-electron chi connectivity index (χ1n) is 10.0. The minimum absolute atomic E-state index is 0. The first kappa shape index (κ1) is 24.3. The Hall–Kier alpha value is 0.270. The molecule has 154 valence electrons. The molecule has 2 fully saturated rings. The minimum atomic E-state index is 0. The lowest BCUT2D eigenvalue weighted by atomic mass is 10.0. The normalized spacial score (nSPS) is 26.6. The van der Waals surface area contributed by atoms with Crippen LogP contribution in [-0.2, 0) is 0 Å². The molecule has 7 heteroatoms. The molecule has 1 aliphatic carbocycles. The minimum Gasteiger partial charge on any atom is -0.357 e. The largest absolute Gasteiger partial charge is 0.357 e.